The van der Waals surface area contributed by atoms with Gasteiger partial charge in [-0.25, -0.2) is 4.79 Å². The van der Waals surface area contributed by atoms with E-state index in [2.05, 4.69) is 0 Å². The number of hydrogen-bond acceptors (Lipinski definition) is 1. The van der Waals surface area contributed by atoms with Crippen molar-refractivity contribution in [3.05, 3.63) is 11.6 Å². The van der Waals surface area contributed by atoms with E-state index in [1.54, 1.807) is 6.92 Å². The van der Waals surface area contributed by atoms with E-state index in [0.29, 0.717) is 11.0 Å². The normalized spacial score (nSPS) is 44.1. The van der Waals surface area contributed by atoms with E-state index in [9.17, 15) is 4.79 Å². The van der Waals surface area contributed by atoms with E-state index < -0.39 is 5.97 Å². The highest BCUT2D eigenvalue weighted by molar-refractivity contribution is 5.85. The number of carboxylic acid groups (broad SMARTS) is 1. The first-order valence-corrected chi connectivity index (χ1v) is 6.96. The topological polar surface area (TPSA) is 37.3 Å². The van der Waals surface area contributed by atoms with E-state index in [4.69, 9.17) is 5.11 Å². The Hall–Kier alpha value is -0.790. The zero-order valence-electron chi connectivity index (χ0n) is 10.6. The average molecular weight is 234 g/mol. The third-order valence-corrected chi connectivity index (χ3v) is 5.34. The molecule has 17 heavy (non-hydrogen) atoms. The molecule has 0 radical (unpaired) electrons. The molecule has 4 aliphatic carbocycles. The SMILES string of the molecule is CC(=CCC12CC3CC(CC(C3)C1)C2)C(=O)O. The molecule has 0 saturated heterocycles. The molecule has 0 aromatic carbocycles. The second-order valence-electron chi connectivity index (χ2n) is 6.81. The summed E-state index contributed by atoms with van der Waals surface area (Å²) in [6.07, 6.45) is 11.5. The minimum Gasteiger partial charge on any atom is -0.478 e. The predicted molar refractivity (Wildman–Crippen MR) is 66.6 cm³/mol. The Labute approximate surface area is 103 Å². The molecule has 4 aliphatic rings. The van der Waals surface area contributed by atoms with Crippen molar-refractivity contribution in [2.45, 2.75) is 51.9 Å². The van der Waals surface area contributed by atoms with E-state index >= 15 is 0 Å². The van der Waals surface area contributed by atoms with Crippen LogP contribution < -0.4 is 0 Å². The van der Waals surface area contributed by atoms with Crippen molar-refractivity contribution >= 4 is 5.97 Å². The van der Waals surface area contributed by atoms with Crippen LogP contribution in [0.15, 0.2) is 11.6 Å². The van der Waals surface area contributed by atoms with Gasteiger partial charge in [0.15, 0.2) is 0 Å². The van der Waals surface area contributed by atoms with Gasteiger partial charge in [0.05, 0.1) is 0 Å². The summed E-state index contributed by atoms with van der Waals surface area (Å²) in [5.41, 5.74) is 1.01. The highest BCUT2D eigenvalue weighted by Gasteiger charge is 2.50. The molecule has 2 heteroatoms. The van der Waals surface area contributed by atoms with Crippen LogP contribution in [0.4, 0.5) is 0 Å². The van der Waals surface area contributed by atoms with Gasteiger partial charge in [0, 0.05) is 5.57 Å². The molecule has 4 rings (SSSR count). The summed E-state index contributed by atoms with van der Waals surface area (Å²) in [7, 11) is 0. The summed E-state index contributed by atoms with van der Waals surface area (Å²) in [4.78, 5) is 10.8. The number of hydrogen-bond donors (Lipinski definition) is 1. The number of aliphatic carboxylic acids is 1. The minimum atomic E-state index is -0.755. The number of carbonyl (C=O) groups is 1. The van der Waals surface area contributed by atoms with E-state index in [0.717, 1.165) is 24.2 Å². The predicted octanol–water partition coefficient (Wildman–Crippen LogP) is 3.62. The molecule has 1 N–H and O–H groups in total. The summed E-state index contributed by atoms with van der Waals surface area (Å²) in [6.45, 7) is 1.73. The summed E-state index contributed by atoms with van der Waals surface area (Å²) >= 11 is 0. The molecular formula is C15H22O2. The van der Waals surface area contributed by atoms with Crippen LogP contribution in [0.1, 0.15) is 51.9 Å². The fraction of sp³-hybridized carbons (Fsp3) is 0.800. The lowest BCUT2D eigenvalue weighted by atomic mass is 9.49. The quantitative estimate of drug-likeness (QED) is 0.757. The first kappa shape index (κ1) is 11.3. The monoisotopic (exact) mass is 234 g/mol. The van der Waals surface area contributed by atoms with E-state index in [1.807, 2.05) is 6.08 Å². The fourth-order valence-corrected chi connectivity index (χ4v) is 5.00. The molecule has 4 bridgehead atoms. The first-order valence-electron chi connectivity index (χ1n) is 6.96. The van der Waals surface area contributed by atoms with Crippen molar-refractivity contribution in [1.82, 2.24) is 0 Å². The highest BCUT2D eigenvalue weighted by Crippen LogP contribution is 2.61. The van der Waals surface area contributed by atoms with Gasteiger partial charge < -0.3 is 5.11 Å². The summed E-state index contributed by atoms with van der Waals surface area (Å²) in [5.74, 6) is 2.12. The largest absolute Gasteiger partial charge is 0.478 e. The van der Waals surface area contributed by atoms with E-state index in [1.165, 1.54) is 38.5 Å². The van der Waals surface area contributed by atoms with Gasteiger partial charge in [-0.3, -0.25) is 0 Å². The second-order valence-corrected chi connectivity index (χ2v) is 6.81. The average Bonchev–Trinajstić information content (AvgIpc) is 2.24. The molecule has 0 aliphatic heterocycles. The van der Waals surface area contributed by atoms with Crippen molar-refractivity contribution in [2.24, 2.45) is 23.2 Å². The molecule has 4 fully saturated rings. The van der Waals surface area contributed by atoms with Crippen LogP contribution in [0.3, 0.4) is 0 Å². The van der Waals surface area contributed by atoms with Gasteiger partial charge in [0.25, 0.3) is 0 Å². The van der Waals surface area contributed by atoms with Gasteiger partial charge in [-0.1, -0.05) is 6.08 Å². The lowest BCUT2D eigenvalue weighted by Gasteiger charge is -2.56. The van der Waals surface area contributed by atoms with Crippen LogP contribution in [0, 0.1) is 23.2 Å². The van der Waals surface area contributed by atoms with Gasteiger partial charge in [-0.15, -0.1) is 0 Å². The Kier molecular flexibility index (Phi) is 2.57. The number of allylic oxidation sites excluding steroid dienone is 1. The summed E-state index contributed by atoms with van der Waals surface area (Å²) in [5, 5.41) is 8.93. The molecule has 94 valence electrons. The molecule has 4 saturated carbocycles. The second kappa shape index (κ2) is 3.86. The molecule has 0 spiro atoms. The standard InChI is InChI=1S/C15H22O2/c1-10(14(16)17)2-3-15-7-11-4-12(8-15)6-13(5-11)9-15/h2,11-13H,3-9H2,1H3,(H,16,17). The molecule has 0 atom stereocenters. The van der Waals surface area contributed by atoms with Gasteiger partial charge >= 0.3 is 5.97 Å². The lowest BCUT2D eigenvalue weighted by molar-refractivity contribution is -0.132. The van der Waals surface area contributed by atoms with Crippen LogP contribution >= 0.6 is 0 Å². The highest BCUT2D eigenvalue weighted by atomic mass is 16.4. The van der Waals surface area contributed by atoms with Crippen LogP contribution in [0.2, 0.25) is 0 Å². The molecule has 0 amide bonds. The van der Waals surface area contributed by atoms with Crippen molar-refractivity contribution < 1.29 is 9.90 Å². The Balaban J connectivity index is 1.74. The number of carboxylic acids is 1. The van der Waals surface area contributed by atoms with Crippen LogP contribution in [0.5, 0.6) is 0 Å². The lowest BCUT2D eigenvalue weighted by Crippen LogP contribution is -2.45. The molecule has 0 aromatic rings. The van der Waals surface area contributed by atoms with Gasteiger partial charge in [-0.2, -0.15) is 0 Å². The Morgan fingerprint density at radius 3 is 2.06 bits per heavy atom. The third kappa shape index (κ3) is 2.02. The van der Waals surface area contributed by atoms with Crippen LogP contribution in [0.25, 0.3) is 0 Å². The first-order chi connectivity index (χ1) is 8.06. The maximum Gasteiger partial charge on any atom is 0.330 e. The van der Waals surface area contributed by atoms with E-state index in [-0.39, 0.29) is 0 Å². The van der Waals surface area contributed by atoms with Crippen LogP contribution in [-0.4, -0.2) is 11.1 Å². The van der Waals surface area contributed by atoms with Crippen molar-refractivity contribution in [3.63, 3.8) is 0 Å². The van der Waals surface area contributed by atoms with Crippen molar-refractivity contribution in [3.8, 4) is 0 Å². The minimum absolute atomic E-state index is 0.478. The Bertz CT molecular complexity index is 332. The zero-order valence-corrected chi connectivity index (χ0v) is 10.6. The van der Waals surface area contributed by atoms with Gasteiger partial charge in [0.2, 0.25) is 0 Å². The number of rotatable bonds is 3. The molecule has 2 nitrogen and oxygen atoms in total. The molecule has 0 aromatic heterocycles. The fourth-order valence-electron chi connectivity index (χ4n) is 5.00. The van der Waals surface area contributed by atoms with Gasteiger partial charge in [-0.05, 0) is 75.0 Å². The van der Waals surface area contributed by atoms with Crippen LogP contribution in [-0.2, 0) is 4.79 Å². The molecule has 0 unspecified atom stereocenters. The van der Waals surface area contributed by atoms with Gasteiger partial charge in [0.1, 0.15) is 0 Å². The third-order valence-electron chi connectivity index (χ3n) is 5.34. The Morgan fingerprint density at radius 2 is 1.65 bits per heavy atom. The summed E-state index contributed by atoms with van der Waals surface area (Å²) < 4.78 is 0. The maximum atomic E-state index is 10.8. The maximum absolute atomic E-state index is 10.8. The smallest absolute Gasteiger partial charge is 0.330 e. The summed E-state index contributed by atoms with van der Waals surface area (Å²) in [6, 6.07) is 0. The van der Waals surface area contributed by atoms with Crippen molar-refractivity contribution in [1.29, 1.82) is 0 Å². The Morgan fingerprint density at radius 1 is 1.18 bits per heavy atom. The zero-order chi connectivity index (χ0) is 12.0. The van der Waals surface area contributed by atoms with Crippen molar-refractivity contribution in [2.75, 3.05) is 0 Å². The molecular weight excluding hydrogens is 212 g/mol. The molecule has 0 heterocycles.